The topological polar surface area (TPSA) is 68.1 Å². The molecule has 23 heavy (non-hydrogen) atoms. The molecular weight excluding hydrogens is 314 g/mol. The van der Waals surface area contributed by atoms with E-state index in [1.807, 2.05) is 0 Å². The predicted molar refractivity (Wildman–Crippen MR) is 89.6 cm³/mol. The van der Waals surface area contributed by atoms with Crippen LogP contribution in [-0.2, 0) is 17.6 Å². The van der Waals surface area contributed by atoms with Crippen LogP contribution in [-0.4, -0.2) is 31.5 Å². The van der Waals surface area contributed by atoms with Crippen LogP contribution in [0.25, 0.3) is 0 Å². The Morgan fingerprint density at radius 3 is 2.91 bits per heavy atom. The zero-order chi connectivity index (χ0) is 16.4. The van der Waals surface area contributed by atoms with Gasteiger partial charge in [-0.15, -0.1) is 11.3 Å². The van der Waals surface area contributed by atoms with Gasteiger partial charge in [0, 0.05) is 11.1 Å². The average molecular weight is 331 g/mol. The summed E-state index contributed by atoms with van der Waals surface area (Å²) in [6.07, 6.45) is 4.63. The maximum absolute atomic E-state index is 12.1. The van der Waals surface area contributed by atoms with Crippen LogP contribution in [0.5, 0.6) is 11.5 Å². The molecule has 1 aromatic carbocycles. The highest BCUT2D eigenvalue weighted by molar-refractivity contribution is 7.16. The molecule has 0 radical (unpaired) electrons. The molecule has 0 saturated carbocycles. The zero-order valence-corrected chi connectivity index (χ0v) is 13.8. The Morgan fingerprint density at radius 1 is 1.35 bits per heavy atom. The van der Waals surface area contributed by atoms with Crippen LogP contribution in [0.3, 0.4) is 0 Å². The smallest absolute Gasteiger partial charge is 0.341 e. The fourth-order valence-electron chi connectivity index (χ4n) is 2.70. The van der Waals surface area contributed by atoms with E-state index in [-0.39, 0.29) is 11.7 Å². The highest BCUT2D eigenvalue weighted by atomic mass is 32.1. The number of ether oxygens (including phenoxy) is 2. The number of aliphatic imine (C=N–C) groups is 1. The molecule has 0 aliphatic heterocycles. The summed E-state index contributed by atoms with van der Waals surface area (Å²) in [4.78, 5) is 17.8. The fraction of sp³-hybridized carbons (Fsp3) is 0.294. The van der Waals surface area contributed by atoms with Gasteiger partial charge in [0.1, 0.15) is 5.00 Å². The van der Waals surface area contributed by atoms with E-state index in [9.17, 15) is 9.90 Å². The summed E-state index contributed by atoms with van der Waals surface area (Å²) in [6, 6.07) is 4.98. The molecule has 0 amide bonds. The lowest BCUT2D eigenvalue weighted by atomic mass is 10.1. The summed E-state index contributed by atoms with van der Waals surface area (Å²) >= 11 is 1.55. The van der Waals surface area contributed by atoms with Gasteiger partial charge in [-0.3, -0.25) is 0 Å². The number of aryl methyl sites for hydroxylation is 1. The van der Waals surface area contributed by atoms with Gasteiger partial charge in [0.05, 0.1) is 19.8 Å². The van der Waals surface area contributed by atoms with Crippen molar-refractivity contribution in [2.75, 3.05) is 14.2 Å². The number of carbonyl (C=O) groups excluding carboxylic acids is 1. The number of aromatic hydroxyl groups is 1. The van der Waals surface area contributed by atoms with Gasteiger partial charge in [0.2, 0.25) is 0 Å². The molecule has 1 aliphatic carbocycles. The molecule has 2 aromatic rings. The SMILES string of the molecule is COC(=O)c1c(N=Cc2ccc(O)c(OC)c2)sc2c1CCC2. The van der Waals surface area contributed by atoms with Crippen molar-refractivity contribution >= 4 is 28.5 Å². The third-order valence-electron chi connectivity index (χ3n) is 3.83. The van der Waals surface area contributed by atoms with E-state index in [1.54, 1.807) is 35.8 Å². The summed E-state index contributed by atoms with van der Waals surface area (Å²) in [5.74, 6) is 0.130. The Balaban J connectivity index is 1.95. The average Bonchev–Trinajstić information content (AvgIpc) is 3.13. The van der Waals surface area contributed by atoms with Gasteiger partial charge in [0.15, 0.2) is 11.5 Å². The first-order chi connectivity index (χ1) is 11.1. The summed E-state index contributed by atoms with van der Waals surface area (Å²) < 4.78 is 9.99. The Kier molecular flexibility index (Phi) is 4.34. The number of thiophene rings is 1. The maximum Gasteiger partial charge on any atom is 0.341 e. The summed E-state index contributed by atoms with van der Waals surface area (Å²) in [7, 11) is 2.88. The molecule has 0 saturated heterocycles. The van der Waals surface area contributed by atoms with E-state index in [0.29, 0.717) is 16.3 Å². The van der Waals surface area contributed by atoms with E-state index in [1.165, 1.54) is 19.1 Å². The lowest BCUT2D eigenvalue weighted by Crippen LogP contribution is -2.03. The first-order valence-electron chi connectivity index (χ1n) is 7.28. The number of hydrogen-bond acceptors (Lipinski definition) is 6. The van der Waals surface area contributed by atoms with Crippen molar-refractivity contribution in [1.29, 1.82) is 0 Å². The molecule has 120 valence electrons. The van der Waals surface area contributed by atoms with Gasteiger partial charge in [-0.05, 0) is 48.6 Å². The Morgan fingerprint density at radius 2 is 2.17 bits per heavy atom. The minimum absolute atomic E-state index is 0.0787. The van der Waals surface area contributed by atoms with E-state index in [4.69, 9.17) is 9.47 Å². The first kappa shape index (κ1) is 15.6. The summed E-state index contributed by atoms with van der Waals surface area (Å²) in [5.41, 5.74) is 2.45. The fourth-order valence-corrected chi connectivity index (χ4v) is 3.92. The van der Waals surface area contributed by atoms with Crippen molar-refractivity contribution in [3.8, 4) is 11.5 Å². The molecule has 0 unspecified atom stereocenters. The number of rotatable bonds is 4. The molecule has 0 bridgehead atoms. The normalized spacial score (nSPS) is 13.3. The Labute approximate surface area is 138 Å². The quantitative estimate of drug-likeness (QED) is 0.688. The minimum Gasteiger partial charge on any atom is -0.504 e. The lowest BCUT2D eigenvalue weighted by Gasteiger charge is -2.03. The molecule has 6 heteroatoms. The number of carbonyl (C=O) groups is 1. The monoisotopic (exact) mass is 331 g/mol. The Hall–Kier alpha value is -2.34. The van der Waals surface area contributed by atoms with Crippen molar-refractivity contribution < 1.29 is 19.4 Å². The molecular formula is C17H17NO4S. The highest BCUT2D eigenvalue weighted by Crippen LogP contribution is 2.41. The van der Waals surface area contributed by atoms with Crippen molar-refractivity contribution in [3.05, 3.63) is 39.8 Å². The minimum atomic E-state index is -0.333. The molecule has 5 nitrogen and oxygen atoms in total. The van der Waals surface area contributed by atoms with Gasteiger partial charge < -0.3 is 14.6 Å². The molecule has 1 heterocycles. The van der Waals surface area contributed by atoms with Crippen LogP contribution in [0.4, 0.5) is 5.00 Å². The van der Waals surface area contributed by atoms with Gasteiger partial charge in [-0.2, -0.15) is 0 Å². The molecule has 0 spiro atoms. The lowest BCUT2D eigenvalue weighted by molar-refractivity contribution is 0.0601. The second kappa shape index (κ2) is 6.42. The number of phenolic OH excluding ortho intramolecular Hbond substituents is 1. The zero-order valence-electron chi connectivity index (χ0n) is 13.0. The second-order valence-corrected chi connectivity index (χ2v) is 6.30. The number of benzene rings is 1. The largest absolute Gasteiger partial charge is 0.504 e. The molecule has 1 aliphatic rings. The van der Waals surface area contributed by atoms with Gasteiger partial charge in [0.25, 0.3) is 0 Å². The standard InChI is InChI=1S/C17H17NO4S/c1-21-13-8-10(6-7-12(13)19)9-18-16-15(17(20)22-2)11-4-3-5-14(11)23-16/h6-9,19H,3-5H2,1-2H3. The number of fused-ring (bicyclic) bond motifs is 1. The van der Waals surface area contributed by atoms with E-state index in [2.05, 4.69) is 4.99 Å². The van der Waals surface area contributed by atoms with Crippen LogP contribution < -0.4 is 4.74 Å². The number of esters is 1. The van der Waals surface area contributed by atoms with Gasteiger partial charge >= 0.3 is 5.97 Å². The summed E-state index contributed by atoms with van der Waals surface area (Å²) in [6.45, 7) is 0. The maximum atomic E-state index is 12.1. The molecule has 0 fully saturated rings. The van der Waals surface area contributed by atoms with Crippen molar-refractivity contribution in [3.63, 3.8) is 0 Å². The Bertz CT molecular complexity index is 779. The summed E-state index contributed by atoms with van der Waals surface area (Å²) in [5, 5.41) is 10.3. The van der Waals surface area contributed by atoms with Crippen LogP contribution in [0, 0.1) is 0 Å². The van der Waals surface area contributed by atoms with Crippen molar-refractivity contribution in [1.82, 2.24) is 0 Å². The number of nitrogens with zero attached hydrogens (tertiary/aromatic N) is 1. The number of phenols is 1. The third-order valence-corrected chi connectivity index (χ3v) is 5.03. The van der Waals surface area contributed by atoms with Crippen molar-refractivity contribution in [2.24, 2.45) is 4.99 Å². The van der Waals surface area contributed by atoms with Crippen LogP contribution in [0.2, 0.25) is 0 Å². The molecule has 0 atom stereocenters. The molecule has 3 rings (SSSR count). The van der Waals surface area contributed by atoms with E-state index < -0.39 is 0 Å². The number of methoxy groups -OCH3 is 2. The van der Waals surface area contributed by atoms with E-state index >= 15 is 0 Å². The van der Waals surface area contributed by atoms with Crippen molar-refractivity contribution in [2.45, 2.75) is 19.3 Å². The molecule has 1 N–H and O–H groups in total. The third kappa shape index (κ3) is 2.94. The van der Waals surface area contributed by atoms with Gasteiger partial charge in [-0.1, -0.05) is 0 Å². The molecule has 1 aromatic heterocycles. The second-order valence-electron chi connectivity index (χ2n) is 5.22. The number of hydrogen-bond donors (Lipinski definition) is 1. The van der Waals surface area contributed by atoms with Crippen LogP contribution in [0.1, 0.15) is 32.8 Å². The first-order valence-corrected chi connectivity index (χ1v) is 8.09. The van der Waals surface area contributed by atoms with E-state index in [0.717, 1.165) is 30.4 Å². The van der Waals surface area contributed by atoms with Gasteiger partial charge in [-0.25, -0.2) is 9.79 Å². The predicted octanol–water partition coefficient (Wildman–Crippen LogP) is 3.49. The van der Waals surface area contributed by atoms with Crippen LogP contribution in [0.15, 0.2) is 23.2 Å². The highest BCUT2D eigenvalue weighted by Gasteiger charge is 2.26. The van der Waals surface area contributed by atoms with Crippen LogP contribution >= 0.6 is 11.3 Å².